The molecule has 18 heavy (non-hydrogen) atoms. The maximum Gasteiger partial charge on any atom is 0.0952 e. The molecule has 2 aromatic rings. The minimum atomic E-state index is 0.672. The first-order chi connectivity index (χ1) is 8.65. The standard InChI is InChI=1S/C13H20N4S/c1-10(2)4-14-5-12-6-15-9-17(12)8-13-7-16-11(3)18-13/h6-7,9-10,14H,4-5,8H2,1-3H3. The SMILES string of the molecule is Cc1ncc(Cn2cncc2CNCC(C)C)s1. The fraction of sp³-hybridized carbons (Fsp3) is 0.538. The molecule has 5 heteroatoms. The van der Waals surface area contributed by atoms with E-state index in [1.165, 1.54) is 10.6 Å². The molecular formula is C13H20N4S. The van der Waals surface area contributed by atoms with Gasteiger partial charge >= 0.3 is 0 Å². The molecule has 0 amide bonds. The van der Waals surface area contributed by atoms with Crippen molar-refractivity contribution in [1.29, 1.82) is 0 Å². The molecule has 1 N–H and O–H groups in total. The molecule has 0 aromatic carbocycles. The Bertz CT molecular complexity index is 487. The fourth-order valence-electron chi connectivity index (χ4n) is 1.77. The lowest BCUT2D eigenvalue weighted by Gasteiger charge is -2.09. The van der Waals surface area contributed by atoms with E-state index in [9.17, 15) is 0 Å². The number of rotatable bonds is 6. The van der Waals surface area contributed by atoms with Crippen LogP contribution in [0.25, 0.3) is 0 Å². The van der Waals surface area contributed by atoms with Gasteiger partial charge in [-0.2, -0.15) is 0 Å². The summed E-state index contributed by atoms with van der Waals surface area (Å²) in [7, 11) is 0. The maximum absolute atomic E-state index is 4.28. The molecule has 0 aliphatic rings. The normalized spacial score (nSPS) is 11.3. The van der Waals surface area contributed by atoms with Crippen LogP contribution in [0.15, 0.2) is 18.7 Å². The smallest absolute Gasteiger partial charge is 0.0952 e. The number of hydrogen-bond acceptors (Lipinski definition) is 4. The Morgan fingerprint density at radius 3 is 2.89 bits per heavy atom. The van der Waals surface area contributed by atoms with Crippen molar-refractivity contribution in [2.45, 2.75) is 33.9 Å². The predicted molar refractivity (Wildman–Crippen MR) is 74.7 cm³/mol. The highest BCUT2D eigenvalue weighted by molar-refractivity contribution is 7.11. The molecule has 2 rings (SSSR count). The molecule has 0 aliphatic heterocycles. The molecule has 0 saturated heterocycles. The van der Waals surface area contributed by atoms with Crippen LogP contribution in [-0.4, -0.2) is 21.1 Å². The van der Waals surface area contributed by atoms with E-state index >= 15 is 0 Å². The lowest BCUT2D eigenvalue weighted by atomic mass is 10.2. The fourth-order valence-corrected chi connectivity index (χ4v) is 2.57. The van der Waals surface area contributed by atoms with Gasteiger partial charge in [0.2, 0.25) is 0 Å². The first kappa shape index (κ1) is 13.2. The van der Waals surface area contributed by atoms with Crippen LogP contribution in [0.5, 0.6) is 0 Å². The van der Waals surface area contributed by atoms with Gasteiger partial charge in [-0.1, -0.05) is 13.8 Å². The molecule has 0 aliphatic carbocycles. The Morgan fingerprint density at radius 1 is 1.39 bits per heavy atom. The van der Waals surface area contributed by atoms with Gasteiger partial charge in [-0.25, -0.2) is 9.97 Å². The number of hydrogen-bond donors (Lipinski definition) is 1. The van der Waals surface area contributed by atoms with Crippen LogP contribution in [-0.2, 0) is 13.1 Å². The van der Waals surface area contributed by atoms with Gasteiger partial charge in [-0.05, 0) is 19.4 Å². The maximum atomic E-state index is 4.28. The molecule has 98 valence electrons. The van der Waals surface area contributed by atoms with Crippen LogP contribution in [0.4, 0.5) is 0 Å². The Hall–Kier alpha value is -1.20. The van der Waals surface area contributed by atoms with Crippen LogP contribution in [0, 0.1) is 12.8 Å². The van der Waals surface area contributed by atoms with Gasteiger partial charge in [0, 0.05) is 23.8 Å². The average Bonchev–Trinajstić information content (AvgIpc) is 2.89. The van der Waals surface area contributed by atoms with Crippen molar-refractivity contribution in [1.82, 2.24) is 19.9 Å². The van der Waals surface area contributed by atoms with Crippen LogP contribution in [0.2, 0.25) is 0 Å². The monoisotopic (exact) mass is 264 g/mol. The van der Waals surface area contributed by atoms with Gasteiger partial charge in [0.1, 0.15) is 0 Å². The average molecular weight is 264 g/mol. The third-order valence-electron chi connectivity index (χ3n) is 2.65. The zero-order valence-electron chi connectivity index (χ0n) is 11.2. The predicted octanol–water partition coefficient (Wildman–Crippen LogP) is 2.44. The molecule has 4 nitrogen and oxygen atoms in total. The van der Waals surface area contributed by atoms with Crippen LogP contribution in [0.1, 0.15) is 29.4 Å². The summed E-state index contributed by atoms with van der Waals surface area (Å²) in [6, 6.07) is 0. The van der Waals surface area contributed by atoms with E-state index in [2.05, 4.69) is 33.7 Å². The van der Waals surface area contributed by atoms with Crippen molar-refractivity contribution in [3.8, 4) is 0 Å². The summed E-state index contributed by atoms with van der Waals surface area (Å²) in [6.45, 7) is 9.23. The largest absolute Gasteiger partial charge is 0.328 e. The summed E-state index contributed by atoms with van der Waals surface area (Å²) < 4.78 is 2.18. The highest BCUT2D eigenvalue weighted by atomic mass is 32.1. The van der Waals surface area contributed by atoms with E-state index in [-0.39, 0.29) is 0 Å². The molecule has 0 unspecified atom stereocenters. The van der Waals surface area contributed by atoms with Gasteiger partial charge in [0.05, 0.1) is 23.6 Å². The zero-order valence-corrected chi connectivity index (χ0v) is 12.0. The van der Waals surface area contributed by atoms with E-state index in [4.69, 9.17) is 0 Å². The summed E-state index contributed by atoms with van der Waals surface area (Å²) >= 11 is 1.74. The third kappa shape index (κ3) is 3.65. The van der Waals surface area contributed by atoms with E-state index in [0.29, 0.717) is 5.92 Å². The van der Waals surface area contributed by atoms with E-state index < -0.39 is 0 Å². The van der Waals surface area contributed by atoms with Crippen molar-refractivity contribution in [2.75, 3.05) is 6.54 Å². The van der Waals surface area contributed by atoms with Crippen molar-refractivity contribution in [3.63, 3.8) is 0 Å². The molecule has 0 spiro atoms. The highest BCUT2D eigenvalue weighted by Crippen LogP contribution is 2.14. The van der Waals surface area contributed by atoms with Gasteiger partial charge < -0.3 is 9.88 Å². The Labute approximate surface area is 112 Å². The summed E-state index contributed by atoms with van der Waals surface area (Å²) in [4.78, 5) is 9.79. The Morgan fingerprint density at radius 2 is 2.22 bits per heavy atom. The summed E-state index contributed by atoms with van der Waals surface area (Å²) in [5.74, 6) is 0.672. The van der Waals surface area contributed by atoms with Crippen molar-refractivity contribution >= 4 is 11.3 Å². The van der Waals surface area contributed by atoms with Crippen molar-refractivity contribution in [2.24, 2.45) is 5.92 Å². The topological polar surface area (TPSA) is 42.7 Å². The third-order valence-corrected chi connectivity index (χ3v) is 3.55. The highest BCUT2D eigenvalue weighted by Gasteiger charge is 2.05. The number of thiazole rings is 1. The lowest BCUT2D eigenvalue weighted by Crippen LogP contribution is -2.20. The van der Waals surface area contributed by atoms with Crippen LogP contribution in [0.3, 0.4) is 0 Å². The second-order valence-corrected chi connectivity index (χ2v) is 6.20. The van der Waals surface area contributed by atoms with Crippen molar-refractivity contribution in [3.05, 3.63) is 34.3 Å². The molecule has 0 bridgehead atoms. The summed E-state index contributed by atoms with van der Waals surface area (Å²) in [6.07, 6.45) is 5.77. The lowest BCUT2D eigenvalue weighted by molar-refractivity contribution is 0.539. The second-order valence-electron chi connectivity index (χ2n) is 4.88. The van der Waals surface area contributed by atoms with Gasteiger partial charge in [0.15, 0.2) is 0 Å². The van der Waals surface area contributed by atoms with Gasteiger partial charge in [-0.3, -0.25) is 0 Å². The molecule has 0 atom stereocenters. The number of aryl methyl sites for hydroxylation is 1. The Kier molecular flexibility index (Phi) is 4.49. The van der Waals surface area contributed by atoms with Crippen LogP contribution >= 0.6 is 11.3 Å². The van der Waals surface area contributed by atoms with Gasteiger partial charge in [-0.15, -0.1) is 11.3 Å². The first-order valence-electron chi connectivity index (χ1n) is 6.26. The van der Waals surface area contributed by atoms with E-state index in [0.717, 1.165) is 24.6 Å². The first-order valence-corrected chi connectivity index (χ1v) is 7.08. The summed E-state index contributed by atoms with van der Waals surface area (Å²) in [5, 5.41) is 4.56. The zero-order chi connectivity index (χ0) is 13.0. The van der Waals surface area contributed by atoms with E-state index in [1.54, 1.807) is 11.3 Å². The van der Waals surface area contributed by atoms with Gasteiger partial charge in [0.25, 0.3) is 0 Å². The van der Waals surface area contributed by atoms with Crippen molar-refractivity contribution < 1.29 is 0 Å². The molecule has 2 aromatic heterocycles. The van der Waals surface area contributed by atoms with E-state index in [1.807, 2.05) is 25.6 Å². The number of nitrogens with zero attached hydrogens (tertiary/aromatic N) is 3. The Balaban J connectivity index is 1.95. The number of nitrogens with one attached hydrogen (secondary N) is 1. The summed E-state index contributed by atoms with van der Waals surface area (Å²) in [5.41, 5.74) is 1.22. The molecule has 0 radical (unpaired) electrons. The number of imidazole rings is 1. The molecular weight excluding hydrogens is 244 g/mol. The quantitative estimate of drug-likeness (QED) is 0.871. The molecule has 0 saturated carbocycles. The second kappa shape index (κ2) is 6.11. The molecule has 2 heterocycles. The minimum Gasteiger partial charge on any atom is -0.328 e. The minimum absolute atomic E-state index is 0.672. The molecule has 0 fully saturated rings. The van der Waals surface area contributed by atoms with Crippen LogP contribution < -0.4 is 5.32 Å². The number of aromatic nitrogens is 3.